The number of carbonyl (C=O) groups excluding carboxylic acids is 2. The van der Waals surface area contributed by atoms with Gasteiger partial charge in [-0.05, 0) is 6.42 Å². The van der Waals surface area contributed by atoms with Crippen molar-refractivity contribution in [3.8, 4) is 0 Å². The summed E-state index contributed by atoms with van der Waals surface area (Å²) >= 11 is 0. The van der Waals surface area contributed by atoms with Crippen molar-refractivity contribution in [2.24, 2.45) is 0 Å². The standard InChI is InChI=1S/C7H11F2N2O2/c1-2-3-4-5(12)10-11-7(13)6(8)9/h6H,2-4H2,1H3,(H,11,13). The topological polar surface area (TPSA) is 60.3 Å². The predicted octanol–water partition coefficient (Wildman–Crippen LogP) is 0.604. The zero-order chi connectivity index (χ0) is 10.3. The van der Waals surface area contributed by atoms with Gasteiger partial charge in [0.05, 0.1) is 0 Å². The van der Waals surface area contributed by atoms with Crippen LogP contribution in [0.2, 0.25) is 0 Å². The molecule has 1 N–H and O–H groups in total. The molecule has 1 radical (unpaired) electrons. The number of halogens is 2. The van der Waals surface area contributed by atoms with Crippen LogP contribution in [0.5, 0.6) is 0 Å². The molecule has 0 aromatic heterocycles. The molecule has 0 unspecified atom stereocenters. The second-order valence-electron chi connectivity index (χ2n) is 2.39. The van der Waals surface area contributed by atoms with Crippen LogP contribution in [0.3, 0.4) is 0 Å². The molecule has 0 saturated carbocycles. The lowest BCUT2D eigenvalue weighted by Gasteiger charge is -2.01. The molecule has 0 saturated heterocycles. The first-order valence-corrected chi connectivity index (χ1v) is 3.89. The van der Waals surface area contributed by atoms with E-state index in [2.05, 4.69) is 5.43 Å². The number of hydrogen-bond acceptors (Lipinski definition) is 2. The first-order valence-electron chi connectivity index (χ1n) is 3.89. The molecule has 0 atom stereocenters. The summed E-state index contributed by atoms with van der Waals surface area (Å²) in [4.78, 5) is 20.9. The molecule has 0 aliphatic heterocycles. The minimum Gasteiger partial charge on any atom is -0.271 e. The molecule has 6 heteroatoms. The monoisotopic (exact) mass is 193 g/mol. The lowest BCUT2D eigenvalue weighted by Crippen LogP contribution is -2.38. The Balaban J connectivity index is 3.52. The van der Waals surface area contributed by atoms with Crippen LogP contribution in [0.25, 0.3) is 0 Å². The van der Waals surface area contributed by atoms with Crippen molar-refractivity contribution in [1.29, 1.82) is 0 Å². The molecule has 4 nitrogen and oxygen atoms in total. The minimum absolute atomic E-state index is 0.167. The number of hydrogen-bond donors (Lipinski definition) is 1. The highest BCUT2D eigenvalue weighted by atomic mass is 19.3. The lowest BCUT2D eigenvalue weighted by molar-refractivity contribution is -0.136. The maximum Gasteiger partial charge on any atom is 0.317 e. The van der Waals surface area contributed by atoms with Crippen molar-refractivity contribution >= 4 is 11.8 Å². The van der Waals surface area contributed by atoms with Crippen molar-refractivity contribution in [2.75, 3.05) is 0 Å². The first-order chi connectivity index (χ1) is 6.07. The number of nitrogens with zero attached hydrogens (tertiary/aromatic N) is 1. The van der Waals surface area contributed by atoms with Crippen molar-refractivity contribution in [2.45, 2.75) is 32.6 Å². The van der Waals surface area contributed by atoms with Gasteiger partial charge in [-0.25, -0.2) is 5.43 Å². The molecule has 0 aliphatic carbocycles. The average Bonchev–Trinajstić information content (AvgIpc) is 2.10. The van der Waals surface area contributed by atoms with Crippen molar-refractivity contribution in [1.82, 2.24) is 10.9 Å². The van der Waals surface area contributed by atoms with Gasteiger partial charge in [0, 0.05) is 6.42 Å². The maximum atomic E-state index is 11.5. The summed E-state index contributed by atoms with van der Waals surface area (Å²) in [5, 5.41) is 0. The highest BCUT2D eigenvalue weighted by molar-refractivity contribution is 5.83. The fourth-order valence-electron chi connectivity index (χ4n) is 0.550. The third-order valence-electron chi connectivity index (χ3n) is 1.23. The number of rotatable bonds is 4. The molecular weight excluding hydrogens is 182 g/mol. The van der Waals surface area contributed by atoms with Crippen LogP contribution < -0.4 is 10.9 Å². The van der Waals surface area contributed by atoms with E-state index in [4.69, 9.17) is 0 Å². The van der Waals surface area contributed by atoms with E-state index in [-0.39, 0.29) is 6.42 Å². The molecule has 0 rings (SSSR count). The van der Waals surface area contributed by atoms with Crippen molar-refractivity contribution in [3.05, 3.63) is 0 Å². The van der Waals surface area contributed by atoms with Gasteiger partial charge in [0.2, 0.25) is 0 Å². The van der Waals surface area contributed by atoms with Gasteiger partial charge in [-0.1, -0.05) is 13.3 Å². The van der Waals surface area contributed by atoms with Gasteiger partial charge in [0.15, 0.2) is 0 Å². The van der Waals surface area contributed by atoms with Gasteiger partial charge in [-0.15, -0.1) is 5.43 Å². The van der Waals surface area contributed by atoms with Crippen LogP contribution in [0, 0.1) is 0 Å². The van der Waals surface area contributed by atoms with E-state index >= 15 is 0 Å². The number of unbranched alkanes of at least 4 members (excludes halogenated alkanes) is 1. The third kappa shape index (κ3) is 6.01. The molecule has 0 heterocycles. The summed E-state index contributed by atoms with van der Waals surface area (Å²) in [7, 11) is 0. The highest BCUT2D eigenvalue weighted by Crippen LogP contribution is 1.93. The maximum absolute atomic E-state index is 11.5. The van der Waals surface area contributed by atoms with Crippen LogP contribution in [0.1, 0.15) is 26.2 Å². The Hall–Kier alpha value is -1.20. The van der Waals surface area contributed by atoms with Gasteiger partial charge in [0.25, 0.3) is 5.91 Å². The summed E-state index contributed by atoms with van der Waals surface area (Å²) in [6.07, 6.45) is -1.53. The molecule has 75 valence electrons. The van der Waals surface area contributed by atoms with Gasteiger partial charge >= 0.3 is 12.3 Å². The molecule has 0 aliphatic rings. The Morgan fingerprint density at radius 1 is 1.46 bits per heavy atom. The molecule has 0 aromatic rings. The quantitative estimate of drug-likeness (QED) is 0.665. The van der Waals surface area contributed by atoms with Crippen LogP contribution in [-0.4, -0.2) is 18.2 Å². The summed E-state index contributed by atoms with van der Waals surface area (Å²) < 4.78 is 23.1. The molecular formula is C7H11F2N2O2. The van der Waals surface area contributed by atoms with Gasteiger partial charge in [0.1, 0.15) is 0 Å². The smallest absolute Gasteiger partial charge is 0.271 e. The largest absolute Gasteiger partial charge is 0.317 e. The van der Waals surface area contributed by atoms with Crippen LogP contribution in [-0.2, 0) is 9.59 Å². The Labute approximate surface area is 74.7 Å². The van der Waals surface area contributed by atoms with E-state index < -0.39 is 18.2 Å². The second kappa shape index (κ2) is 6.33. The van der Waals surface area contributed by atoms with Crippen molar-refractivity contribution in [3.63, 3.8) is 0 Å². The van der Waals surface area contributed by atoms with Crippen LogP contribution in [0.4, 0.5) is 8.78 Å². The normalized spacial score (nSPS) is 9.85. The molecule has 13 heavy (non-hydrogen) atoms. The zero-order valence-corrected chi connectivity index (χ0v) is 7.22. The van der Waals surface area contributed by atoms with E-state index in [1.807, 2.05) is 6.92 Å². The Kier molecular flexibility index (Phi) is 5.75. The summed E-state index contributed by atoms with van der Waals surface area (Å²) in [6.45, 7) is 1.88. The van der Waals surface area contributed by atoms with E-state index in [1.165, 1.54) is 5.43 Å². The predicted molar refractivity (Wildman–Crippen MR) is 40.8 cm³/mol. The average molecular weight is 193 g/mol. The summed E-state index contributed by atoms with van der Waals surface area (Å²) in [5.41, 5.74) is 4.44. The minimum atomic E-state index is -3.14. The zero-order valence-electron chi connectivity index (χ0n) is 7.22. The van der Waals surface area contributed by atoms with Crippen LogP contribution in [0.15, 0.2) is 0 Å². The van der Waals surface area contributed by atoms with E-state index in [0.29, 0.717) is 6.42 Å². The molecule has 2 amide bonds. The Bertz CT molecular complexity index is 185. The Morgan fingerprint density at radius 2 is 2.08 bits per heavy atom. The highest BCUT2D eigenvalue weighted by Gasteiger charge is 2.16. The lowest BCUT2D eigenvalue weighted by atomic mass is 10.2. The van der Waals surface area contributed by atoms with Gasteiger partial charge < -0.3 is 0 Å². The molecule has 0 aromatic carbocycles. The van der Waals surface area contributed by atoms with E-state index in [9.17, 15) is 18.4 Å². The number of carbonyl (C=O) groups is 2. The third-order valence-corrected chi connectivity index (χ3v) is 1.23. The van der Waals surface area contributed by atoms with Crippen molar-refractivity contribution < 1.29 is 18.4 Å². The SMILES string of the molecule is CCCCC(=O)[N]NC(=O)C(F)F. The molecule has 0 fully saturated rings. The van der Waals surface area contributed by atoms with Gasteiger partial charge in [-0.3, -0.25) is 9.59 Å². The number of nitrogens with one attached hydrogen (secondary N) is 1. The Morgan fingerprint density at radius 3 is 2.54 bits per heavy atom. The molecule has 0 bridgehead atoms. The first kappa shape index (κ1) is 11.8. The summed E-state index contributed by atoms with van der Waals surface area (Å²) in [6, 6.07) is 0. The van der Waals surface area contributed by atoms with Gasteiger partial charge in [-0.2, -0.15) is 8.78 Å². The van der Waals surface area contributed by atoms with E-state index in [0.717, 1.165) is 6.42 Å². The van der Waals surface area contributed by atoms with E-state index in [1.54, 1.807) is 0 Å². The van der Waals surface area contributed by atoms with Crippen LogP contribution >= 0.6 is 0 Å². The number of amides is 2. The second-order valence-corrected chi connectivity index (χ2v) is 2.39. The fraction of sp³-hybridized carbons (Fsp3) is 0.714. The number of alkyl halides is 2. The fourth-order valence-corrected chi connectivity index (χ4v) is 0.550. The molecule has 0 spiro atoms. The summed E-state index contributed by atoms with van der Waals surface area (Å²) in [5.74, 6) is -2.14.